The van der Waals surface area contributed by atoms with Gasteiger partial charge in [0.1, 0.15) is 0 Å². The van der Waals surface area contributed by atoms with E-state index < -0.39 is 0 Å². The molecule has 0 spiro atoms. The van der Waals surface area contributed by atoms with Crippen LogP contribution in [-0.2, 0) is 4.79 Å². The molecule has 0 bridgehead atoms. The van der Waals surface area contributed by atoms with Crippen molar-refractivity contribution >= 4 is 11.7 Å². The Morgan fingerprint density at radius 1 is 1.15 bits per heavy atom. The summed E-state index contributed by atoms with van der Waals surface area (Å²) in [6.45, 7) is 5.32. The number of aryl methyl sites for hydroxylation is 2. The van der Waals surface area contributed by atoms with E-state index in [9.17, 15) is 4.79 Å². The van der Waals surface area contributed by atoms with Gasteiger partial charge in [0.25, 0.3) is 0 Å². The molecule has 0 amide bonds. The average Bonchev–Trinajstić information content (AvgIpc) is 2.88. The molecule has 2 heterocycles. The molecule has 0 unspecified atom stereocenters. The van der Waals surface area contributed by atoms with Gasteiger partial charge in [0.2, 0.25) is 5.95 Å². The number of ketones is 1. The Bertz CT molecular complexity index is 649. The molecule has 0 N–H and O–H groups in total. The summed E-state index contributed by atoms with van der Waals surface area (Å²) in [4.78, 5) is 22.0. The quantitative estimate of drug-likeness (QED) is 0.839. The second-order valence-corrected chi connectivity index (χ2v) is 5.30. The van der Waals surface area contributed by atoms with Crippen LogP contribution >= 0.6 is 0 Å². The van der Waals surface area contributed by atoms with Crippen LogP contribution in [0.1, 0.15) is 17.5 Å². The lowest BCUT2D eigenvalue weighted by Crippen LogP contribution is -2.21. The van der Waals surface area contributed by atoms with Gasteiger partial charge in [0.15, 0.2) is 5.78 Å². The van der Waals surface area contributed by atoms with E-state index >= 15 is 0 Å². The van der Waals surface area contributed by atoms with Crippen molar-refractivity contribution in [1.82, 2.24) is 9.97 Å². The number of hydrogen-bond donors (Lipinski definition) is 0. The normalized spacial score (nSPS) is 14.9. The predicted octanol–water partition coefficient (Wildman–Crippen LogP) is 2.54. The number of hydrogen-bond acceptors (Lipinski definition) is 4. The van der Waals surface area contributed by atoms with Gasteiger partial charge in [-0.05, 0) is 25.0 Å². The fourth-order valence-electron chi connectivity index (χ4n) is 2.47. The molecule has 0 aliphatic carbocycles. The third-order valence-electron chi connectivity index (χ3n) is 3.65. The molecule has 20 heavy (non-hydrogen) atoms. The number of rotatable bonds is 2. The molecule has 3 rings (SSSR count). The number of Topliss-reactive ketones (excluding diaryl/α,β-unsaturated/α-hetero) is 1. The maximum Gasteiger partial charge on any atom is 0.225 e. The number of carbonyl (C=O) groups is 1. The van der Waals surface area contributed by atoms with Crippen LogP contribution in [-0.4, -0.2) is 28.8 Å². The van der Waals surface area contributed by atoms with Crippen molar-refractivity contribution in [3.05, 3.63) is 41.7 Å². The molecule has 1 aliphatic rings. The van der Waals surface area contributed by atoms with Gasteiger partial charge in [-0.3, -0.25) is 4.79 Å². The Labute approximate surface area is 118 Å². The minimum Gasteiger partial charge on any atom is -0.333 e. The van der Waals surface area contributed by atoms with Crippen molar-refractivity contribution in [3.63, 3.8) is 0 Å². The lowest BCUT2D eigenvalue weighted by molar-refractivity contribution is -0.116. The predicted molar refractivity (Wildman–Crippen MR) is 78.8 cm³/mol. The average molecular weight is 267 g/mol. The molecule has 4 nitrogen and oxygen atoms in total. The number of nitrogens with zero attached hydrogens (tertiary/aromatic N) is 3. The molecule has 1 aliphatic heterocycles. The van der Waals surface area contributed by atoms with Crippen LogP contribution in [0.5, 0.6) is 0 Å². The maximum atomic E-state index is 11.3. The van der Waals surface area contributed by atoms with Crippen molar-refractivity contribution in [2.45, 2.75) is 20.3 Å². The van der Waals surface area contributed by atoms with Crippen molar-refractivity contribution in [3.8, 4) is 11.1 Å². The molecule has 1 saturated heterocycles. The summed E-state index contributed by atoms with van der Waals surface area (Å²) >= 11 is 0. The lowest BCUT2D eigenvalue weighted by atomic mass is 10.0. The van der Waals surface area contributed by atoms with Crippen LogP contribution in [0.2, 0.25) is 0 Å². The van der Waals surface area contributed by atoms with Gasteiger partial charge in [0.05, 0.1) is 6.54 Å². The fourth-order valence-corrected chi connectivity index (χ4v) is 2.47. The zero-order valence-electron chi connectivity index (χ0n) is 11.8. The van der Waals surface area contributed by atoms with Gasteiger partial charge < -0.3 is 4.90 Å². The van der Waals surface area contributed by atoms with E-state index in [-0.39, 0.29) is 5.78 Å². The first-order valence-electron chi connectivity index (χ1n) is 6.80. The third-order valence-corrected chi connectivity index (χ3v) is 3.65. The van der Waals surface area contributed by atoms with E-state index in [0.29, 0.717) is 18.9 Å². The highest BCUT2D eigenvalue weighted by atomic mass is 16.1. The summed E-state index contributed by atoms with van der Waals surface area (Å²) in [5.41, 5.74) is 4.61. The van der Waals surface area contributed by atoms with Gasteiger partial charge in [0, 0.05) is 30.9 Å². The van der Waals surface area contributed by atoms with Crippen LogP contribution in [0.25, 0.3) is 11.1 Å². The SMILES string of the molecule is Cc1ccc(C)c(-c2cnc(N3CCC(=O)C3)nc2)c1. The summed E-state index contributed by atoms with van der Waals surface area (Å²) < 4.78 is 0. The maximum absolute atomic E-state index is 11.3. The molecule has 1 fully saturated rings. The molecule has 1 aromatic carbocycles. The van der Waals surface area contributed by atoms with Crippen LogP contribution in [0.15, 0.2) is 30.6 Å². The van der Waals surface area contributed by atoms with E-state index in [4.69, 9.17) is 0 Å². The molecule has 0 radical (unpaired) electrons. The zero-order chi connectivity index (χ0) is 14.1. The third kappa shape index (κ3) is 2.41. The van der Waals surface area contributed by atoms with E-state index in [1.54, 1.807) is 0 Å². The second kappa shape index (κ2) is 5.04. The van der Waals surface area contributed by atoms with E-state index in [0.717, 1.165) is 17.7 Å². The Morgan fingerprint density at radius 3 is 2.55 bits per heavy atom. The van der Waals surface area contributed by atoms with Crippen LogP contribution in [0.3, 0.4) is 0 Å². The molecule has 0 atom stereocenters. The summed E-state index contributed by atoms with van der Waals surface area (Å²) in [6.07, 6.45) is 4.28. The Balaban J connectivity index is 1.89. The van der Waals surface area contributed by atoms with Gasteiger partial charge in [-0.15, -0.1) is 0 Å². The van der Waals surface area contributed by atoms with Crippen molar-refractivity contribution in [2.24, 2.45) is 0 Å². The van der Waals surface area contributed by atoms with Crippen LogP contribution in [0, 0.1) is 13.8 Å². The first-order chi connectivity index (χ1) is 9.63. The number of benzene rings is 1. The Hall–Kier alpha value is -2.23. The number of carbonyl (C=O) groups excluding carboxylic acids is 1. The monoisotopic (exact) mass is 267 g/mol. The highest BCUT2D eigenvalue weighted by Crippen LogP contribution is 2.24. The molecule has 4 heteroatoms. The van der Waals surface area contributed by atoms with Gasteiger partial charge in [-0.2, -0.15) is 0 Å². The van der Waals surface area contributed by atoms with Gasteiger partial charge >= 0.3 is 0 Å². The summed E-state index contributed by atoms with van der Waals surface area (Å²) in [5.74, 6) is 0.900. The van der Waals surface area contributed by atoms with E-state index in [1.165, 1.54) is 11.1 Å². The van der Waals surface area contributed by atoms with Gasteiger partial charge in [-0.25, -0.2) is 9.97 Å². The van der Waals surface area contributed by atoms with Crippen LogP contribution < -0.4 is 4.90 Å². The molecular weight excluding hydrogens is 250 g/mol. The molecular formula is C16H17N3O. The highest BCUT2D eigenvalue weighted by Gasteiger charge is 2.21. The molecule has 0 saturated carbocycles. The van der Waals surface area contributed by atoms with Gasteiger partial charge in [-0.1, -0.05) is 23.8 Å². The van der Waals surface area contributed by atoms with E-state index in [2.05, 4.69) is 42.0 Å². The van der Waals surface area contributed by atoms with Crippen LogP contribution in [0.4, 0.5) is 5.95 Å². The summed E-state index contributed by atoms with van der Waals surface area (Å²) in [5, 5.41) is 0. The second-order valence-electron chi connectivity index (χ2n) is 5.30. The first-order valence-corrected chi connectivity index (χ1v) is 6.80. The van der Waals surface area contributed by atoms with Crippen molar-refractivity contribution in [1.29, 1.82) is 0 Å². The number of aromatic nitrogens is 2. The minimum absolute atomic E-state index is 0.257. The van der Waals surface area contributed by atoms with Crippen molar-refractivity contribution in [2.75, 3.05) is 18.0 Å². The molecule has 1 aromatic heterocycles. The number of anilines is 1. The highest BCUT2D eigenvalue weighted by molar-refractivity contribution is 5.86. The first kappa shape index (κ1) is 12.8. The van der Waals surface area contributed by atoms with Crippen molar-refractivity contribution < 1.29 is 4.79 Å². The largest absolute Gasteiger partial charge is 0.333 e. The fraction of sp³-hybridized carbons (Fsp3) is 0.312. The molecule has 2 aromatic rings. The summed E-state index contributed by atoms with van der Waals surface area (Å²) in [7, 11) is 0. The minimum atomic E-state index is 0.257. The Kier molecular flexibility index (Phi) is 3.22. The summed E-state index contributed by atoms with van der Waals surface area (Å²) in [6, 6.07) is 6.36. The lowest BCUT2D eigenvalue weighted by Gasteiger charge is -2.14. The zero-order valence-corrected chi connectivity index (χ0v) is 11.8. The Morgan fingerprint density at radius 2 is 1.90 bits per heavy atom. The molecule has 102 valence electrons. The smallest absolute Gasteiger partial charge is 0.225 e. The standard InChI is InChI=1S/C16H17N3O/c1-11-3-4-12(2)15(7-11)13-8-17-16(18-9-13)19-6-5-14(20)10-19/h3-4,7-9H,5-6,10H2,1-2H3. The van der Waals surface area contributed by atoms with E-state index in [1.807, 2.05) is 17.3 Å². The topological polar surface area (TPSA) is 46.1 Å².